The third-order valence-corrected chi connectivity index (χ3v) is 3.54. The van der Waals surface area contributed by atoms with Crippen molar-refractivity contribution in [2.24, 2.45) is 5.73 Å². The van der Waals surface area contributed by atoms with E-state index >= 15 is 0 Å². The van der Waals surface area contributed by atoms with E-state index in [0.717, 1.165) is 23.7 Å². The summed E-state index contributed by atoms with van der Waals surface area (Å²) in [4.78, 5) is 8.96. The highest BCUT2D eigenvalue weighted by Crippen LogP contribution is 2.17. The number of nitrogens with two attached hydrogens (primary N) is 1. The Morgan fingerprint density at radius 2 is 2.16 bits per heavy atom. The first kappa shape index (κ1) is 13.8. The first-order chi connectivity index (χ1) is 9.28. The summed E-state index contributed by atoms with van der Waals surface area (Å²) in [6.45, 7) is 2.17. The SMILES string of the molecule is CN(Cc1ccccn1)Cc1ccc(C#CCN)s1. The Hall–Kier alpha value is -1.67. The van der Waals surface area contributed by atoms with Crippen molar-refractivity contribution >= 4 is 11.3 Å². The number of rotatable bonds is 4. The van der Waals surface area contributed by atoms with Crippen molar-refractivity contribution in [2.45, 2.75) is 13.1 Å². The van der Waals surface area contributed by atoms with E-state index in [1.807, 2.05) is 24.4 Å². The molecule has 0 aliphatic rings. The smallest absolute Gasteiger partial charge is 0.0772 e. The molecular formula is C15H17N3S. The van der Waals surface area contributed by atoms with Crippen molar-refractivity contribution in [3.63, 3.8) is 0 Å². The summed E-state index contributed by atoms with van der Waals surface area (Å²) < 4.78 is 0. The highest BCUT2D eigenvalue weighted by Gasteiger charge is 2.04. The fourth-order valence-corrected chi connectivity index (χ4v) is 2.72. The lowest BCUT2D eigenvalue weighted by molar-refractivity contribution is 0.318. The molecule has 0 aromatic carbocycles. The zero-order valence-electron chi connectivity index (χ0n) is 11.0. The van der Waals surface area contributed by atoms with E-state index < -0.39 is 0 Å². The number of nitrogens with zero attached hydrogens (tertiary/aromatic N) is 2. The van der Waals surface area contributed by atoms with Crippen molar-refractivity contribution in [1.82, 2.24) is 9.88 Å². The van der Waals surface area contributed by atoms with Gasteiger partial charge in [0.25, 0.3) is 0 Å². The largest absolute Gasteiger partial charge is 0.320 e. The molecular weight excluding hydrogens is 254 g/mol. The number of hydrogen-bond donors (Lipinski definition) is 1. The molecule has 2 aromatic rings. The zero-order valence-corrected chi connectivity index (χ0v) is 11.8. The molecule has 0 saturated heterocycles. The van der Waals surface area contributed by atoms with E-state index in [9.17, 15) is 0 Å². The molecule has 0 atom stereocenters. The van der Waals surface area contributed by atoms with E-state index in [0.29, 0.717) is 6.54 Å². The highest BCUT2D eigenvalue weighted by molar-refractivity contribution is 7.12. The van der Waals surface area contributed by atoms with Gasteiger partial charge in [0.05, 0.1) is 17.1 Å². The van der Waals surface area contributed by atoms with Crippen LogP contribution in [0.5, 0.6) is 0 Å². The summed E-state index contributed by atoms with van der Waals surface area (Å²) in [5, 5.41) is 0. The number of hydrogen-bond acceptors (Lipinski definition) is 4. The van der Waals surface area contributed by atoms with Crippen LogP contribution in [0, 0.1) is 11.8 Å². The van der Waals surface area contributed by atoms with E-state index in [1.54, 1.807) is 11.3 Å². The lowest BCUT2D eigenvalue weighted by Crippen LogP contribution is -2.17. The van der Waals surface area contributed by atoms with Gasteiger partial charge in [-0.3, -0.25) is 9.88 Å². The van der Waals surface area contributed by atoms with E-state index in [4.69, 9.17) is 5.73 Å². The Balaban J connectivity index is 1.92. The van der Waals surface area contributed by atoms with Gasteiger partial charge in [-0.25, -0.2) is 0 Å². The molecule has 0 aliphatic carbocycles. The second-order valence-corrected chi connectivity index (χ2v) is 5.43. The molecule has 2 aromatic heterocycles. The van der Waals surface area contributed by atoms with Crippen LogP contribution in [0.4, 0.5) is 0 Å². The van der Waals surface area contributed by atoms with Gasteiger partial charge < -0.3 is 5.73 Å². The Morgan fingerprint density at radius 3 is 2.89 bits per heavy atom. The van der Waals surface area contributed by atoms with Gasteiger partial charge in [-0.05, 0) is 31.3 Å². The van der Waals surface area contributed by atoms with Crippen LogP contribution in [0.15, 0.2) is 36.5 Å². The Kier molecular flexibility index (Phi) is 5.10. The molecule has 2 rings (SSSR count). The van der Waals surface area contributed by atoms with Gasteiger partial charge in [0.2, 0.25) is 0 Å². The predicted molar refractivity (Wildman–Crippen MR) is 79.7 cm³/mol. The normalized spacial score (nSPS) is 10.3. The van der Waals surface area contributed by atoms with Gasteiger partial charge in [0.15, 0.2) is 0 Å². The molecule has 0 unspecified atom stereocenters. The van der Waals surface area contributed by atoms with Gasteiger partial charge in [-0.2, -0.15) is 0 Å². The minimum absolute atomic E-state index is 0.410. The van der Waals surface area contributed by atoms with Crippen LogP contribution < -0.4 is 5.73 Å². The van der Waals surface area contributed by atoms with Crippen LogP contribution in [-0.4, -0.2) is 23.5 Å². The second kappa shape index (κ2) is 7.05. The summed E-state index contributed by atoms with van der Waals surface area (Å²) in [5.41, 5.74) is 6.45. The van der Waals surface area contributed by atoms with Crippen molar-refractivity contribution < 1.29 is 0 Å². The molecule has 0 aliphatic heterocycles. The van der Waals surface area contributed by atoms with E-state index in [2.05, 4.69) is 40.9 Å². The molecule has 0 bridgehead atoms. The standard InChI is InChI=1S/C15H17N3S/c1-18(11-13-5-2-3-10-17-13)12-15-8-7-14(19-15)6-4-9-16/h2-3,5,7-8,10H,9,11-12,16H2,1H3. The highest BCUT2D eigenvalue weighted by atomic mass is 32.1. The van der Waals surface area contributed by atoms with Crippen LogP contribution in [0.2, 0.25) is 0 Å². The number of pyridine rings is 1. The molecule has 2 N–H and O–H groups in total. The van der Waals surface area contributed by atoms with Crippen LogP contribution in [0.1, 0.15) is 15.4 Å². The van der Waals surface area contributed by atoms with E-state index in [1.165, 1.54) is 4.88 Å². The fourth-order valence-electron chi connectivity index (χ4n) is 1.76. The van der Waals surface area contributed by atoms with Crippen molar-refractivity contribution in [3.8, 4) is 11.8 Å². The summed E-state index contributed by atoms with van der Waals surface area (Å²) >= 11 is 1.72. The Bertz CT molecular complexity index is 566. The first-order valence-corrected chi connectivity index (χ1v) is 6.95. The first-order valence-electron chi connectivity index (χ1n) is 6.14. The van der Waals surface area contributed by atoms with Crippen molar-refractivity contribution in [2.75, 3.05) is 13.6 Å². The van der Waals surface area contributed by atoms with Crippen molar-refractivity contribution in [3.05, 3.63) is 52.0 Å². The summed E-state index contributed by atoms with van der Waals surface area (Å²) in [6.07, 6.45) is 1.83. The molecule has 98 valence electrons. The maximum atomic E-state index is 5.37. The minimum atomic E-state index is 0.410. The molecule has 3 nitrogen and oxygen atoms in total. The third-order valence-electron chi connectivity index (χ3n) is 2.56. The summed E-state index contributed by atoms with van der Waals surface area (Å²) in [7, 11) is 2.10. The second-order valence-electron chi connectivity index (χ2n) is 4.27. The van der Waals surface area contributed by atoms with E-state index in [-0.39, 0.29) is 0 Å². The van der Waals surface area contributed by atoms with Crippen LogP contribution in [0.25, 0.3) is 0 Å². The maximum absolute atomic E-state index is 5.37. The lowest BCUT2D eigenvalue weighted by atomic mass is 10.3. The zero-order chi connectivity index (χ0) is 13.5. The molecule has 0 radical (unpaired) electrons. The lowest BCUT2D eigenvalue weighted by Gasteiger charge is -2.14. The van der Waals surface area contributed by atoms with Gasteiger partial charge in [-0.15, -0.1) is 11.3 Å². The van der Waals surface area contributed by atoms with Crippen LogP contribution >= 0.6 is 11.3 Å². The molecule has 0 fully saturated rings. The Labute approximate surface area is 118 Å². The fraction of sp³-hybridized carbons (Fsp3) is 0.267. The minimum Gasteiger partial charge on any atom is -0.320 e. The molecule has 2 heterocycles. The predicted octanol–water partition coefficient (Wildman–Crippen LogP) is 2.09. The molecule has 0 amide bonds. The van der Waals surface area contributed by atoms with Gasteiger partial charge in [0.1, 0.15) is 0 Å². The number of aromatic nitrogens is 1. The van der Waals surface area contributed by atoms with Gasteiger partial charge >= 0.3 is 0 Å². The number of thiophene rings is 1. The average Bonchev–Trinajstić information content (AvgIpc) is 2.85. The van der Waals surface area contributed by atoms with Crippen molar-refractivity contribution in [1.29, 1.82) is 0 Å². The average molecular weight is 271 g/mol. The summed E-state index contributed by atoms with van der Waals surface area (Å²) in [6, 6.07) is 10.2. The third kappa shape index (κ3) is 4.49. The molecule has 0 saturated carbocycles. The summed E-state index contributed by atoms with van der Waals surface area (Å²) in [5.74, 6) is 5.94. The maximum Gasteiger partial charge on any atom is 0.0772 e. The van der Waals surface area contributed by atoms with Crippen LogP contribution in [-0.2, 0) is 13.1 Å². The quantitative estimate of drug-likeness (QED) is 0.866. The molecule has 19 heavy (non-hydrogen) atoms. The van der Waals surface area contributed by atoms with Gasteiger partial charge in [-0.1, -0.05) is 17.9 Å². The topological polar surface area (TPSA) is 42.2 Å². The molecule has 4 heteroatoms. The monoisotopic (exact) mass is 271 g/mol. The van der Waals surface area contributed by atoms with Crippen LogP contribution in [0.3, 0.4) is 0 Å². The Morgan fingerprint density at radius 1 is 1.26 bits per heavy atom. The van der Waals surface area contributed by atoms with Gasteiger partial charge in [0, 0.05) is 24.2 Å². The molecule has 0 spiro atoms.